The first-order valence-electron chi connectivity index (χ1n) is 8.22. The van der Waals surface area contributed by atoms with E-state index < -0.39 is 0 Å². The molecule has 0 bridgehead atoms. The van der Waals surface area contributed by atoms with Gasteiger partial charge < -0.3 is 9.88 Å². The minimum absolute atomic E-state index is 0.242. The van der Waals surface area contributed by atoms with E-state index in [-0.39, 0.29) is 5.54 Å². The van der Waals surface area contributed by atoms with Crippen molar-refractivity contribution in [1.82, 2.24) is 19.8 Å². The summed E-state index contributed by atoms with van der Waals surface area (Å²) in [5, 5.41) is 3.78. The molecule has 1 aromatic rings. The Kier molecular flexibility index (Phi) is 4.79. The van der Waals surface area contributed by atoms with E-state index in [1.54, 1.807) is 0 Å². The first kappa shape index (κ1) is 16.5. The van der Waals surface area contributed by atoms with Gasteiger partial charge in [0.1, 0.15) is 5.82 Å². The normalized spacial score (nSPS) is 28.0. The molecule has 1 aromatic heterocycles. The summed E-state index contributed by atoms with van der Waals surface area (Å²) in [6.07, 6.45) is 5.15. The van der Waals surface area contributed by atoms with Gasteiger partial charge in [-0.1, -0.05) is 27.7 Å². The van der Waals surface area contributed by atoms with E-state index in [0.29, 0.717) is 11.5 Å². The van der Waals surface area contributed by atoms with Crippen molar-refractivity contribution in [3.63, 3.8) is 0 Å². The van der Waals surface area contributed by atoms with Crippen molar-refractivity contribution >= 4 is 0 Å². The van der Waals surface area contributed by atoms with Crippen LogP contribution in [-0.4, -0.2) is 45.7 Å². The Bertz CT molecular complexity index is 460. The van der Waals surface area contributed by atoms with E-state index >= 15 is 0 Å². The predicted octanol–water partition coefficient (Wildman–Crippen LogP) is 2.68. The van der Waals surface area contributed by atoms with Crippen LogP contribution >= 0.6 is 0 Å². The van der Waals surface area contributed by atoms with E-state index in [0.717, 1.165) is 32.0 Å². The number of nitrogens with one attached hydrogen (secondary N) is 1. The summed E-state index contributed by atoms with van der Waals surface area (Å²) in [5.41, 5.74) is 0.539. The predicted molar refractivity (Wildman–Crippen MR) is 88.5 cm³/mol. The van der Waals surface area contributed by atoms with Crippen LogP contribution in [0.1, 0.15) is 46.9 Å². The summed E-state index contributed by atoms with van der Waals surface area (Å²) in [6.45, 7) is 18.1. The third-order valence-electron chi connectivity index (χ3n) is 5.05. The van der Waals surface area contributed by atoms with Crippen LogP contribution in [0.5, 0.6) is 0 Å². The van der Waals surface area contributed by atoms with Crippen LogP contribution in [0, 0.1) is 12.3 Å². The summed E-state index contributed by atoms with van der Waals surface area (Å²) >= 11 is 0. The topological polar surface area (TPSA) is 33.1 Å². The molecule has 1 aliphatic heterocycles. The smallest absolute Gasteiger partial charge is 0.105 e. The summed E-state index contributed by atoms with van der Waals surface area (Å²) in [7, 11) is 0. The minimum Gasteiger partial charge on any atom is -0.334 e. The van der Waals surface area contributed by atoms with Crippen LogP contribution in [0.3, 0.4) is 0 Å². The Morgan fingerprint density at radius 3 is 2.62 bits per heavy atom. The molecule has 0 saturated carbocycles. The molecule has 1 N–H and O–H groups in total. The van der Waals surface area contributed by atoms with Crippen LogP contribution in [0.4, 0.5) is 0 Å². The molecule has 0 spiro atoms. The lowest BCUT2D eigenvalue weighted by molar-refractivity contribution is 0.0240. The minimum atomic E-state index is 0.242. The number of aryl methyl sites for hydroxylation is 1. The van der Waals surface area contributed by atoms with E-state index in [4.69, 9.17) is 0 Å². The molecule has 1 saturated heterocycles. The largest absolute Gasteiger partial charge is 0.334 e. The van der Waals surface area contributed by atoms with E-state index in [1.165, 1.54) is 6.42 Å². The van der Waals surface area contributed by atoms with Crippen molar-refractivity contribution in [2.45, 2.75) is 66.1 Å². The molecule has 2 unspecified atom stereocenters. The Balaban J connectivity index is 2.08. The summed E-state index contributed by atoms with van der Waals surface area (Å²) in [6, 6.07) is 0.584. The molecular weight excluding hydrogens is 260 g/mol. The Labute approximate surface area is 129 Å². The Morgan fingerprint density at radius 2 is 2.10 bits per heavy atom. The lowest BCUT2D eigenvalue weighted by Crippen LogP contribution is -2.65. The molecule has 4 nitrogen and oxygen atoms in total. The van der Waals surface area contributed by atoms with Crippen molar-refractivity contribution in [3.05, 3.63) is 18.2 Å². The molecule has 120 valence electrons. The van der Waals surface area contributed by atoms with Gasteiger partial charge in [0.25, 0.3) is 0 Å². The van der Waals surface area contributed by atoms with E-state index in [2.05, 4.69) is 67.5 Å². The van der Waals surface area contributed by atoms with Gasteiger partial charge in [0.15, 0.2) is 0 Å². The van der Waals surface area contributed by atoms with Gasteiger partial charge in [-0.25, -0.2) is 4.98 Å². The number of hydrogen-bond donors (Lipinski definition) is 1. The highest BCUT2D eigenvalue weighted by atomic mass is 15.3. The van der Waals surface area contributed by atoms with Crippen LogP contribution in [0.15, 0.2) is 12.4 Å². The van der Waals surface area contributed by atoms with E-state index in [1.807, 2.05) is 6.20 Å². The standard InChI is InChI=1S/C17H32N4/c1-7-17(6)13-21(15(12-19-17)16(3,4)5)11-10-20-9-8-18-14(20)2/h8-9,15,19H,7,10-13H2,1-6H3. The maximum absolute atomic E-state index is 4.33. The van der Waals surface area contributed by atoms with Gasteiger partial charge in [-0.2, -0.15) is 0 Å². The van der Waals surface area contributed by atoms with Gasteiger partial charge in [-0.05, 0) is 25.7 Å². The van der Waals surface area contributed by atoms with Gasteiger partial charge in [0.2, 0.25) is 0 Å². The lowest BCUT2D eigenvalue weighted by Gasteiger charge is -2.50. The number of hydrogen-bond acceptors (Lipinski definition) is 3. The monoisotopic (exact) mass is 292 g/mol. The average Bonchev–Trinajstić information content (AvgIpc) is 2.80. The maximum Gasteiger partial charge on any atom is 0.105 e. The van der Waals surface area contributed by atoms with Gasteiger partial charge in [-0.15, -0.1) is 0 Å². The number of nitrogens with zero attached hydrogens (tertiary/aromatic N) is 3. The Hall–Kier alpha value is -0.870. The molecule has 1 aliphatic rings. The highest BCUT2D eigenvalue weighted by Crippen LogP contribution is 2.29. The second-order valence-corrected chi connectivity index (χ2v) is 7.82. The summed E-state index contributed by atoms with van der Waals surface area (Å²) in [5.74, 6) is 1.11. The zero-order valence-corrected chi connectivity index (χ0v) is 14.6. The molecular formula is C17H32N4. The molecule has 2 heterocycles. The van der Waals surface area contributed by atoms with Gasteiger partial charge in [-0.3, -0.25) is 4.90 Å². The van der Waals surface area contributed by atoms with Gasteiger partial charge in [0, 0.05) is 50.2 Å². The number of piperazine rings is 1. The van der Waals surface area contributed by atoms with E-state index in [9.17, 15) is 0 Å². The lowest BCUT2D eigenvalue weighted by atomic mass is 9.81. The van der Waals surface area contributed by atoms with Crippen molar-refractivity contribution in [2.75, 3.05) is 19.6 Å². The number of rotatable bonds is 4. The first-order chi connectivity index (χ1) is 9.75. The fraction of sp³-hybridized carbons (Fsp3) is 0.824. The van der Waals surface area contributed by atoms with Gasteiger partial charge in [0.05, 0.1) is 0 Å². The molecule has 4 heteroatoms. The zero-order chi connectivity index (χ0) is 15.7. The fourth-order valence-electron chi connectivity index (χ4n) is 3.29. The molecule has 1 fully saturated rings. The highest BCUT2D eigenvalue weighted by Gasteiger charge is 2.39. The first-order valence-corrected chi connectivity index (χ1v) is 8.22. The van der Waals surface area contributed by atoms with Crippen molar-refractivity contribution in [2.24, 2.45) is 5.41 Å². The Morgan fingerprint density at radius 1 is 1.38 bits per heavy atom. The SMILES string of the molecule is CCC1(C)CN(CCn2ccnc2C)C(C(C)(C)C)CN1. The highest BCUT2D eigenvalue weighted by molar-refractivity contribution is 4.98. The quantitative estimate of drug-likeness (QED) is 0.926. The third-order valence-corrected chi connectivity index (χ3v) is 5.05. The molecule has 2 rings (SSSR count). The average molecular weight is 292 g/mol. The zero-order valence-electron chi connectivity index (χ0n) is 14.6. The molecule has 0 aliphatic carbocycles. The number of imidazole rings is 1. The van der Waals surface area contributed by atoms with Gasteiger partial charge >= 0.3 is 0 Å². The van der Waals surface area contributed by atoms with Crippen molar-refractivity contribution in [1.29, 1.82) is 0 Å². The van der Waals surface area contributed by atoms with Crippen molar-refractivity contribution < 1.29 is 0 Å². The van der Waals surface area contributed by atoms with Crippen LogP contribution in [-0.2, 0) is 6.54 Å². The summed E-state index contributed by atoms with van der Waals surface area (Å²) in [4.78, 5) is 7.01. The molecule has 0 aromatic carbocycles. The second-order valence-electron chi connectivity index (χ2n) is 7.82. The van der Waals surface area contributed by atoms with Crippen LogP contribution in [0.25, 0.3) is 0 Å². The third kappa shape index (κ3) is 3.86. The fourth-order valence-corrected chi connectivity index (χ4v) is 3.29. The van der Waals surface area contributed by atoms with Crippen LogP contribution < -0.4 is 5.32 Å². The molecule has 0 amide bonds. The van der Waals surface area contributed by atoms with Crippen molar-refractivity contribution in [3.8, 4) is 0 Å². The maximum atomic E-state index is 4.33. The molecule has 0 radical (unpaired) electrons. The molecule has 2 atom stereocenters. The van der Waals surface area contributed by atoms with Crippen LogP contribution in [0.2, 0.25) is 0 Å². The summed E-state index contributed by atoms with van der Waals surface area (Å²) < 4.78 is 2.26. The molecule has 21 heavy (non-hydrogen) atoms. The number of aromatic nitrogens is 2. The second kappa shape index (κ2) is 6.09.